The zero-order chi connectivity index (χ0) is 21.3. The number of carbonyl (C=O) groups is 3. The fourth-order valence-corrected chi connectivity index (χ4v) is 4.30. The van der Waals surface area contributed by atoms with E-state index >= 15 is 0 Å². The maximum absolute atomic E-state index is 12.8. The summed E-state index contributed by atoms with van der Waals surface area (Å²) in [6.45, 7) is 0. The molecule has 0 radical (unpaired) electrons. The predicted octanol–water partition coefficient (Wildman–Crippen LogP) is 3.64. The van der Waals surface area contributed by atoms with Crippen LogP contribution in [-0.2, 0) is 9.59 Å². The molecule has 1 aliphatic carbocycles. The summed E-state index contributed by atoms with van der Waals surface area (Å²) in [7, 11) is 3.06. The first-order valence-corrected chi connectivity index (χ1v) is 10.0. The summed E-state index contributed by atoms with van der Waals surface area (Å²) in [6.07, 6.45) is 3.45. The van der Waals surface area contributed by atoms with E-state index in [-0.39, 0.29) is 29.6 Å². The normalized spacial score (nSPS) is 20.7. The van der Waals surface area contributed by atoms with E-state index in [1.54, 1.807) is 49.6 Å². The van der Waals surface area contributed by atoms with Crippen LogP contribution in [0.1, 0.15) is 36.0 Å². The minimum Gasteiger partial charge on any atom is -0.497 e. The Morgan fingerprint density at radius 2 is 1.67 bits per heavy atom. The third-order valence-electron chi connectivity index (χ3n) is 5.86. The molecule has 7 nitrogen and oxygen atoms in total. The van der Waals surface area contributed by atoms with Gasteiger partial charge in [-0.05, 0) is 43.2 Å². The van der Waals surface area contributed by atoms with Gasteiger partial charge in [0.05, 0.1) is 37.4 Å². The van der Waals surface area contributed by atoms with E-state index in [0.29, 0.717) is 28.4 Å². The SMILES string of the molecule is COc1ccc(NC(=O)c2cccc(N3C(=O)[C@H]4CCCC[C@@H]4C3=O)c2)c(OC)c1. The molecule has 1 heterocycles. The van der Waals surface area contributed by atoms with E-state index in [9.17, 15) is 14.4 Å². The number of methoxy groups -OCH3 is 2. The molecule has 0 bridgehead atoms. The standard InChI is InChI=1S/C23H24N2O5/c1-29-16-10-11-19(20(13-16)30-2)24-21(26)14-6-5-7-15(12-14)25-22(27)17-8-3-4-9-18(17)23(25)28/h5-7,10-13,17-18H,3-4,8-9H2,1-2H3,(H,24,26)/t17-,18-/m0/s1. The number of hydrogen-bond donors (Lipinski definition) is 1. The maximum Gasteiger partial charge on any atom is 0.255 e. The van der Waals surface area contributed by atoms with Gasteiger partial charge in [0.1, 0.15) is 11.5 Å². The Bertz CT molecular complexity index is 979. The predicted molar refractivity (Wildman–Crippen MR) is 112 cm³/mol. The van der Waals surface area contributed by atoms with Gasteiger partial charge in [0.15, 0.2) is 0 Å². The first-order chi connectivity index (χ1) is 14.5. The highest BCUT2D eigenvalue weighted by molar-refractivity contribution is 6.22. The molecular weight excluding hydrogens is 384 g/mol. The van der Waals surface area contributed by atoms with Crippen molar-refractivity contribution in [2.75, 3.05) is 24.4 Å². The molecule has 30 heavy (non-hydrogen) atoms. The van der Waals surface area contributed by atoms with E-state index in [0.717, 1.165) is 25.7 Å². The number of benzene rings is 2. The lowest BCUT2D eigenvalue weighted by Gasteiger charge is -2.19. The number of hydrogen-bond acceptors (Lipinski definition) is 5. The molecule has 0 aromatic heterocycles. The summed E-state index contributed by atoms with van der Waals surface area (Å²) in [6, 6.07) is 11.7. The maximum atomic E-state index is 12.8. The molecule has 2 aliphatic rings. The van der Waals surface area contributed by atoms with Gasteiger partial charge < -0.3 is 14.8 Å². The van der Waals surface area contributed by atoms with Crippen LogP contribution >= 0.6 is 0 Å². The molecule has 4 rings (SSSR count). The third kappa shape index (κ3) is 3.51. The minimum atomic E-state index is -0.364. The third-order valence-corrected chi connectivity index (χ3v) is 5.86. The van der Waals surface area contributed by atoms with E-state index in [4.69, 9.17) is 9.47 Å². The minimum absolute atomic E-state index is 0.154. The van der Waals surface area contributed by atoms with Crippen LogP contribution in [0.4, 0.5) is 11.4 Å². The number of anilines is 2. The number of nitrogens with zero attached hydrogens (tertiary/aromatic N) is 1. The monoisotopic (exact) mass is 408 g/mol. The van der Waals surface area contributed by atoms with Crippen LogP contribution in [0.25, 0.3) is 0 Å². The molecule has 0 unspecified atom stereocenters. The number of ether oxygens (including phenoxy) is 2. The first-order valence-electron chi connectivity index (χ1n) is 10.0. The second-order valence-electron chi connectivity index (χ2n) is 7.58. The van der Waals surface area contributed by atoms with Crippen LogP contribution in [0, 0.1) is 11.8 Å². The van der Waals surface area contributed by atoms with E-state index in [1.165, 1.54) is 12.0 Å². The molecule has 1 saturated carbocycles. The Labute approximate surface area is 175 Å². The first kappa shape index (κ1) is 19.9. The van der Waals surface area contributed by atoms with Gasteiger partial charge in [0, 0.05) is 11.6 Å². The Morgan fingerprint density at radius 3 is 2.30 bits per heavy atom. The molecule has 1 N–H and O–H groups in total. The smallest absolute Gasteiger partial charge is 0.255 e. The highest BCUT2D eigenvalue weighted by Gasteiger charge is 2.48. The number of fused-ring (bicyclic) bond motifs is 1. The van der Waals surface area contributed by atoms with Crippen LogP contribution in [0.15, 0.2) is 42.5 Å². The molecule has 1 aliphatic heterocycles. The average Bonchev–Trinajstić information content (AvgIpc) is 3.04. The molecule has 3 amide bonds. The summed E-state index contributed by atoms with van der Waals surface area (Å²) in [5.41, 5.74) is 1.28. The Morgan fingerprint density at radius 1 is 0.967 bits per heavy atom. The van der Waals surface area contributed by atoms with E-state index in [1.807, 2.05) is 0 Å². The molecule has 1 saturated heterocycles. The van der Waals surface area contributed by atoms with Gasteiger partial charge in [0.2, 0.25) is 11.8 Å². The van der Waals surface area contributed by atoms with Crippen molar-refractivity contribution in [3.05, 3.63) is 48.0 Å². The summed E-state index contributed by atoms with van der Waals surface area (Å²) < 4.78 is 10.5. The van der Waals surface area contributed by atoms with Crippen molar-refractivity contribution < 1.29 is 23.9 Å². The number of carbonyl (C=O) groups excluding carboxylic acids is 3. The quantitative estimate of drug-likeness (QED) is 0.764. The van der Waals surface area contributed by atoms with Crippen LogP contribution in [0.5, 0.6) is 11.5 Å². The largest absolute Gasteiger partial charge is 0.497 e. The number of rotatable bonds is 5. The van der Waals surface area contributed by atoms with Crippen molar-refractivity contribution in [1.29, 1.82) is 0 Å². The van der Waals surface area contributed by atoms with Crippen molar-refractivity contribution >= 4 is 29.1 Å². The van der Waals surface area contributed by atoms with E-state index < -0.39 is 0 Å². The Balaban J connectivity index is 1.57. The molecule has 0 spiro atoms. The van der Waals surface area contributed by atoms with Gasteiger partial charge in [0.25, 0.3) is 5.91 Å². The summed E-state index contributed by atoms with van der Waals surface area (Å²) >= 11 is 0. The zero-order valence-electron chi connectivity index (χ0n) is 17.0. The van der Waals surface area contributed by atoms with Crippen molar-refractivity contribution in [2.45, 2.75) is 25.7 Å². The highest BCUT2D eigenvalue weighted by Crippen LogP contribution is 2.40. The van der Waals surface area contributed by atoms with Crippen molar-refractivity contribution in [3.63, 3.8) is 0 Å². The average molecular weight is 408 g/mol. The summed E-state index contributed by atoms with van der Waals surface area (Å²) in [5.74, 6) is -0.0539. The lowest BCUT2D eigenvalue weighted by atomic mass is 9.81. The number of nitrogens with one attached hydrogen (secondary N) is 1. The molecule has 2 aromatic rings. The lowest BCUT2D eigenvalue weighted by molar-refractivity contribution is -0.122. The van der Waals surface area contributed by atoms with Crippen molar-refractivity contribution in [3.8, 4) is 11.5 Å². The van der Waals surface area contributed by atoms with Crippen LogP contribution in [-0.4, -0.2) is 31.9 Å². The Hall–Kier alpha value is -3.35. The van der Waals surface area contributed by atoms with Gasteiger partial charge in [-0.2, -0.15) is 0 Å². The zero-order valence-corrected chi connectivity index (χ0v) is 17.0. The van der Waals surface area contributed by atoms with Gasteiger partial charge in [-0.3, -0.25) is 19.3 Å². The van der Waals surface area contributed by atoms with E-state index in [2.05, 4.69) is 5.32 Å². The number of imide groups is 1. The summed E-state index contributed by atoms with van der Waals surface area (Å²) in [4.78, 5) is 39.8. The Kier molecular flexibility index (Phi) is 5.44. The summed E-state index contributed by atoms with van der Waals surface area (Å²) in [5, 5.41) is 2.81. The molecule has 2 aromatic carbocycles. The van der Waals surface area contributed by atoms with Gasteiger partial charge in [-0.15, -0.1) is 0 Å². The van der Waals surface area contributed by atoms with Gasteiger partial charge in [-0.25, -0.2) is 0 Å². The molecular formula is C23H24N2O5. The van der Waals surface area contributed by atoms with Crippen molar-refractivity contribution in [2.24, 2.45) is 11.8 Å². The van der Waals surface area contributed by atoms with Gasteiger partial charge >= 0.3 is 0 Å². The van der Waals surface area contributed by atoms with Gasteiger partial charge in [-0.1, -0.05) is 18.9 Å². The second kappa shape index (κ2) is 8.18. The fourth-order valence-electron chi connectivity index (χ4n) is 4.30. The van der Waals surface area contributed by atoms with Crippen LogP contribution in [0.2, 0.25) is 0 Å². The van der Waals surface area contributed by atoms with Crippen molar-refractivity contribution in [1.82, 2.24) is 0 Å². The van der Waals surface area contributed by atoms with Crippen LogP contribution in [0.3, 0.4) is 0 Å². The van der Waals surface area contributed by atoms with Crippen LogP contribution < -0.4 is 19.7 Å². The highest BCUT2D eigenvalue weighted by atomic mass is 16.5. The fraction of sp³-hybridized carbons (Fsp3) is 0.348. The lowest BCUT2D eigenvalue weighted by Crippen LogP contribution is -2.31. The second-order valence-corrected chi connectivity index (χ2v) is 7.58. The molecule has 156 valence electrons. The molecule has 7 heteroatoms. The molecule has 2 fully saturated rings. The molecule has 2 atom stereocenters. The number of amides is 3. The topological polar surface area (TPSA) is 84.9 Å².